The van der Waals surface area contributed by atoms with Crippen molar-refractivity contribution < 1.29 is 14.3 Å². The van der Waals surface area contributed by atoms with Gasteiger partial charge in [0.2, 0.25) is 0 Å². The van der Waals surface area contributed by atoms with E-state index >= 15 is 0 Å². The predicted molar refractivity (Wildman–Crippen MR) is 96.2 cm³/mol. The van der Waals surface area contributed by atoms with E-state index in [-0.39, 0.29) is 11.9 Å². The number of esters is 1. The number of carbonyl (C=O) groups excluding carboxylic acids is 2. The molecule has 0 saturated carbocycles. The van der Waals surface area contributed by atoms with Crippen LogP contribution in [-0.4, -0.2) is 41.6 Å². The normalized spacial score (nSPS) is 16.2. The zero-order valence-corrected chi connectivity index (χ0v) is 15.0. The molecule has 6 nitrogen and oxygen atoms in total. The number of fused-ring (bicyclic) bond motifs is 3. The molecule has 1 aliphatic rings. The fraction of sp³-hybridized carbons (Fsp3) is 0.474. The van der Waals surface area contributed by atoms with Crippen LogP contribution in [0.15, 0.2) is 24.3 Å². The summed E-state index contributed by atoms with van der Waals surface area (Å²) in [5.74, 6) is -0.379. The average molecular weight is 343 g/mol. The third kappa shape index (κ3) is 3.34. The first-order valence-corrected chi connectivity index (χ1v) is 8.76. The number of nitrogens with one attached hydrogen (secondary N) is 2. The summed E-state index contributed by atoms with van der Waals surface area (Å²) in [6.07, 6.45) is 1.59. The summed E-state index contributed by atoms with van der Waals surface area (Å²) in [6.45, 7) is 5.08. The first kappa shape index (κ1) is 17.3. The van der Waals surface area contributed by atoms with Crippen LogP contribution in [0.1, 0.15) is 31.5 Å². The Hall–Kier alpha value is -2.50. The SMILES string of the molecule is CCC(C)C(NC(=O)N1CCc2c([nH]c3ccccc23)C1)C(=O)OC. The average Bonchev–Trinajstić information content (AvgIpc) is 3.02. The Kier molecular flexibility index (Phi) is 4.97. The van der Waals surface area contributed by atoms with Crippen LogP contribution in [0, 0.1) is 5.92 Å². The van der Waals surface area contributed by atoms with Crippen molar-refractivity contribution in [2.24, 2.45) is 5.92 Å². The zero-order chi connectivity index (χ0) is 18.0. The highest BCUT2D eigenvalue weighted by molar-refractivity contribution is 5.86. The summed E-state index contributed by atoms with van der Waals surface area (Å²) in [6, 6.07) is 7.35. The number of ether oxygens (including phenoxy) is 1. The molecule has 2 unspecified atom stereocenters. The van der Waals surface area contributed by atoms with Crippen LogP contribution in [0.4, 0.5) is 4.79 Å². The molecule has 2 N–H and O–H groups in total. The van der Waals surface area contributed by atoms with E-state index in [1.54, 1.807) is 4.90 Å². The van der Waals surface area contributed by atoms with Gasteiger partial charge in [-0.1, -0.05) is 38.5 Å². The van der Waals surface area contributed by atoms with Crippen LogP contribution in [-0.2, 0) is 22.5 Å². The Labute approximate surface area is 147 Å². The lowest BCUT2D eigenvalue weighted by Gasteiger charge is -2.30. The van der Waals surface area contributed by atoms with Gasteiger partial charge in [-0.15, -0.1) is 0 Å². The number of rotatable bonds is 4. The maximum Gasteiger partial charge on any atom is 0.328 e. The van der Waals surface area contributed by atoms with E-state index in [2.05, 4.69) is 16.4 Å². The van der Waals surface area contributed by atoms with Crippen LogP contribution >= 0.6 is 0 Å². The first-order valence-electron chi connectivity index (χ1n) is 8.76. The van der Waals surface area contributed by atoms with Crippen LogP contribution in [0.2, 0.25) is 0 Å². The maximum absolute atomic E-state index is 12.7. The van der Waals surface area contributed by atoms with E-state index in [1.807, 2.05) is 32.0 Å². The molecule has 2 aromatic rings. The standard InChI is InChI=1S/C19H25N3O3/c1-4-12(2)17(18(23)25-3)21-19(24)22-10-9-14-13-7-5-6-8-15(13)20-16(14)11-22/h5-8,12,17,20H,4,9-11H2,1-3H3,(H,21,24). The number of nitrogens with zero attached hydrogens (tertiary/aromatic N) is 1. The number of aromatic nitrogens is 1. The van der Waals surface area contributed by atoms with Crippen LogP contribution in [0.25, 0.3) is 10.9 Å². The van der Waals surface area contributed by atoms with Crippen LogP contribution in [0.3, 0.4) is 0 Å². The third-order valence-corrected chi connectivity index (χ3v) is 5.12. The summed E-state index contributed by atoms with van der Waals surface area (Å²) < 4.78 is 4.84. The number of para-hydroxylation sites is 1. The second kappa shape index (κ2) is 7.17. The molecule has 0 radical (unpaired) electrons. The molecule has 6 heteroatoms. The summed E-state index contributed by atoms with van der Waals surface area (Å²) in [5, 5.41) is 4.08. The summed E-state index contributed by atoms with van der Waals surface area (Å²) in [4.78, 5) is 29.8. The molecule has 25 heavy (non-hydrogen) atoms. The number of hydrogen-bond acceptors (Lipinski definition) is 3. The molecule has 0 saturated heterocycles. The van der Waals surface area contributed by atoms with Gasteiger partial charge in [0.05, 0.1) is 13.7 Å². The molecule has 1 aromatic heterocycles. The van der Waals surface area contributed by atoms with E-state index in [0.29, 0.717) is 13.1 Å². The maximum atomic E-state index is 12.7. The molecule has 2 heterocycles. The highest BCUT2D eigenvalue weighted by atomic mass is 16.5. The summed E-state index contributed by atoms with van der Waals surface area (Å²) >= 11 is 0. The Morgan fingerprint density at radius 1 is 1.36 bits per heavy atom. The zero-order valence-electron chi connectivity index (χ0n) is 15.0. The van der Waals surface area contributed by atoms with E-state index in [4.69, 9.17) is 4.74 Å². The highest BCUT2D eigenvalue weighted by Crippen LogP contribution is 2.27. The number of hydrogen-bond donors (Lipinski definition) is 2. The quantitative estimate of drug-likeness (QED) is 0.838. The molecular weight excluding hydrogens is 318 g/mol. The second-order valence-electron chi connectivity index (χ2n) is 6.64. The van der Waals surface area contributed by atoms with Gasteiger partial charge in [0.15, 0.2) is 0 Å². The molecule has 2 amide bonds. The molecule has 134 valence electrons. The minimum absolute atomic E-state index is 0.0184. The lowest BCUT2D eigenvalue weighted by molar-refractivity contribution is -0.144. The number of H-pyrrole nitrogens is 1. The summed E-state index contributed by atoms with van der Waals surface area (Å²) in [5.41, 5.74) is 3.45. The first-order chi connectivity index (χ1) is 12.0. The lowest BCUT2D eigenvalue weighted by Crippen LogP contribution is -2.51. The van der Waals surface area contributed by atoms with E-state index in [1.165, 1.54) is 18.1 Å². The topological polar surface area (TPSA) is 74.4 Å². The second-order valence-corrected chi connectivity index (χ2v) is 6.64. The van der Waals surface area contributed by atoms with Crippen LogP contribution < -0.4 is 5.32 Å². The fourth-order valence-corrected chi connectivity index (χ4v) is 3.39. The van der Waals surface area contributed by atoms with E-state index in [9.17, 15) is 9.59 Å². The van der Waals surface area contributed by atoms with Crippen molar-refractivity contribution in [1.82, 2.24) is 15.2 Å². The fourth-order valence-electron chi connectivity index (χ4n) is 3.39. The minimum Gasteiger partial charge on any atom is -0.467 e. The van der Waals surface area contributed by atoms with Crippen LogP contribution in [0.5, 0.6) is 0 Å². The van der Waals surface area contributed by atoms with Gasteiger partial charge in [0.25, 0.3) is 0 Å². The molecule has 2 atom stereocenters. The Balaban J connectivity index is 1.74. The van der Waals surface area contributed by atoms with Crippen molar-refractivity contribution >= 4 is 22.9 Å². The van der Waals surface area contributed by atoms with Gasteiger partial charge in [-0.3, -0.25) is 0 Å². The number of aromatic amines is 1. The third-order valence-electron chi connectivity index (χ3n) is 5.12. The minimum atomic E-state index is -0.619. The van der Waals surface area contributed by atoms with Crippen molar-refractivity contribution in [3.63, 3.8) is 0 Å². The summed E-state index contributed by atoms with van der Waals surface area (Å²) in [7, 11) is 1.35. The molecule has 1 aliphatic heterocycles. The number of urea groups is 1. The largest absolute Gasteiger partial charge is 0.467 e. The number of carbonyl (C=O) groups is 2. The van der Waals surface area contributed by atoms with Gasteiger partial charge >= 0.3 is 12.0 Å². The Bertz CT molecular complexity index is 783. The van der Waals surface area contributed by atoms with Gasteiger partial charge in [-0.05, 0) is 24.0 Å². The molecule has 0 fully saturated rings. The van der Waals surface area contributed by atoms with Gasteiger partial charge in [0, 0.05) is 23.1 Å². The van der Waals surface area contributed by atoms with Gasteiger partial charge < -0.3 is 19.9 Å². The van der Waals surface area contributed by atoms with Gasteiger partial charge in [-0.2, -0.15) is 0 Å². The molecule has 3 rings (SSSR count). The van der Waals surface area contributed by atoms with Crippen molar-refractivity contribution in [2.45, 2.75) is 39.3 Å². The molecule has 1 aromatic carbocycles. The van der Waals surface area contributed by atoms with Crippen molar-refractivity contribution in [1.29, 1.82) is 0 Å². The Morgan fingerprint density at radius 3 is 2.84 bits per heavy atom. The smallest absolute Gasteiger partial charge is 0.328 e. The van der Waals surface area contributed by atoms with E-state index < -0.39 is 12.0 Å². The van der Waals surface area contributed by atoms with Gasteiger partial charge in [-0.25, -0.2) is 9.59 Å². The monoisotopic (exact) mass is 343 g/mol. The molecular formula is C19H25N3O3. The number of benzene rings is 1. The van der Waals surface area contributed by atoms with Crippen molar-refractivity contribution in [2.75, 3.05) is 13.7 Å². The van der Waals surface area contributed by atoms with E-state index in [0.717, 1.165) is 24.1 Å². The number of amides is 2. The molecule has 0 spiro atoms. The highest BCUT2D eigenvalue weighted by Gasteiger charge is 2.30. The van der Waals surface area contributed by atoms with Gasteiger partial charge in [0.1, 0.15) is 6.04 Å². The molecule has 0 aliphatic carbocycles. The van der Waals surface area contributed by atoms with Crippen molar-refractivity contribution in [3.8, 4) is 0 Å². The number of methoxy groups -OCH3 is 1. The lowest BCUT2D eigenvalue weighted by atomic mass is 9.99. The predicted octanol–water partition coefficient (Wildman–Crippen LogP) is 2.82. The molecule has 0 bridgehead atoms. The Morgan fingerprint density at radius 2 is 2.12 bits per heavy atom. The van der Waals surface area contributed by atoms with Crippen molar-refractivity contribution in [3.05, 3.63) is 35.5 Å².